The maximum atomic E-state index is 12.9. The summed E-state index contributed by atoms with van der Waals surface area (Å²) in [6, 6.07) is 10.9. The van der Waals surface area contributed by atoms with E-state index in [1.807, 2.05) is 31.2 Å². The minimum atomic E-state index is -3.55. The molecule has 3 heterocycles. The third-order valence-electron chi connectivity index (χ3n) is 5.14. The normalized spacial score (nSPS) is 22.2. The van der Waals surface area contributed by atoms with Gasteiger partial charge in [-0.15, -0.1) is 11.3 Å². The Hall–Kier alpha value is -2.10. The molecule has 0 spiro atoms. The number of piperidine rings is 1. The number of thiophene rings is 1. The maximum absolute atomic E-state index is 12.9. The van der Waals surface area contributed by atoms with Crippen LogP contribution in [0.4, 0.5) is 0 Å². The second-order valence-electron chi connectivity index (χ2n) is 7.31. The minimum Gasteiger partial charge on any atom is -0.486 e. The van der Waals surface area contributed by atoms with Gasteiger partial charge in [0.05, 0.1) is 12.5 Å². The number of benzene rings is 1. The van der Waals surface area contributed by atoms with Crippen LogP contribution >= 0.6 is 11.3 Å². The predicted octanol–water partition coefficient (Wildman–Crippen LogP) is 2.41. The van der Waals surface area contributed by atoms with Gasteiger partial charge in [0.1, 0.15) is 16.9 Å². The SMILES string of the molecule is Cc1ccc(S(=O)(=O)N2CCC[C@@H](C(=O)NC[C@H]3COc4ccccc4O3)C2)s1. The summed E-state index contributed by atoms with van der Waals surface area (Å²) in [5.41, 5.74) is 0. The van der Waals surface area contributed by atoms with Crippen molar-refractivity contribution >= 4 is 27.3 Å². The Bertz CT molecular complexity index is 988. The molecule has 0 saturated carbocycles. The van der Waals surface area contributed by atoms with Crippen molar-refractivity contribution in [1.82, 2.24) is 9.62 Å². The lowest BCUT2D eigenvalue weighted by Crippen LogP contribution is -2.48. The topological polar surface area (TPSA) is 84.9 Å². The number of hydrogen-bond acceptors (Lipinski definition) is 6. The Morgan fingerprint density at radius 1 is 1.24 bits per heavy atom. The largest absolute Gasteiger partial charge is 0.486 e. The summed E-state index contributed by atoms with van der Waals surface area (Å²) in [7, 11) is -3.55. The zero-order chi connectivity index (χ0) is 20.4. The van der Waals surface area contributed by atoms with Crippen molar-refractivity contribution in [2.75, 3.05) is 26.2 Å². The Morgan fingerprint density at radius 2 is 2.03 bits per heavy atom. The van der Waals surface area contributed by atoms with Gasteiger partial charge in [-0.2, -0.15) is 4.31 Å². The lowest BCUT2D eigenvalue weighted by Gasteiger charge is -2.31. The molecule has 1 fully saturated rings. The third-order valence-corrected chi connectivity index (χ3v) is 8.47. The van der Waals surface area contributed by atoms with Gasteiger partial charge in [-0.1, -0.05) is 12.1 Å². The van der Waals surface area contributed by atoms with Gasteiger partial charge in [-0.3, -0.25) is 4.79 Å². The fourth-order valence-corrected chi connectivity index (χ4v) is 6.54. The summed E-state index contributed by atoms with van der Waals surface area (Å²) in [5.74, 6) is 0.859. The number of para-hydroxylation sites is 2. The molecule has 156 valence electrons. The van der Waals surface area contributed by atoms with Crippen molar-refractivity contribution in [3.05, 3.63) is 41.3 Å². The highest BCUT2D eigenvalue weighted by Crippen LogP contribution is 2.31. The molecule has 9 heteroatoms. The molecule has 29 heavy (non-hydrogen) atoms. The zero-order valence-corrected chi connectivity index (χ0v) is 17.8. The van der Waals surface area contributed by atoms with Crippen LogP contribution in [0.5, 0.6) is 11.5 Å². The van der Waals surface area contributed by atoms with Crippen LogP contribution in [0.3, 0.4) is 0 Å². The second-order valence-corrected chi connectivity index (χ2v) is 10.8. The van der Waals surface area contributed by atoms with Crippen LogP contribution in [-0.2, 0) is 14.8 Å². The molecule has 0 radical (unpaired) electrons. The molecule has 4 rings (SSSR count). The molecule has 1 N–H and O–H groups in total. The number of ether oxygens (including phenoxy) is 2. The fraction of sp³-hybridized carbons (Fsp3) is 0.450. The van der Waals surface area contributed by atoms with Crippen molar-refractivity contribution < 1.29 is 22.7 Å². The van der Waals surface area contributed by atoms with E-state index in [0.29, 0.717) is 48.2 Å². The number of sulfonamides is 1. The number of carbonyl (C=O) groups is 1. The molecule has 1 saturated heterocycles. The van der Waals surface area contributed by atoms with Crippen LogP contribution in [0.2, 0.25) is 0 Å². The summed E-state index contributed by atoms with van der Waals surface area (Å²) in [5, 5.41) is 2.91. The smallest absolute Gasteiger partial charge is 0.252 e. The van der Waals surface area contributed by atoms with E-state index in [2.05, 4.69) is 5.32 Å². The van der Waals surface area contributed by atoms with Crippen molar-refractivity contribution in [2.24, 2.45) is 5.92 Å². The zero-order valence-electron chi connectivity index (χ0n) is 16.2. The number of carbonyl (C=O) groups excluding carboxylic acids is 1. The van der Waals surface area contributed by atoms with Gasteiger partial charge in [0.15, 0.2) is 11.5 Å². The molecular weight excluding hydrogens is 412 g/mol. The molecule has 2 aromatic rings. The van der Waals surface area contributed by atoms with E-state index >= 15 is 0 Å². The van der Waals surface area contributed by atoms with E-state index in [9.17, 15) is 13.2 Å². The van der Waals surface area contributed by atoms with E-state index in [1.165, 1.54) is 15.6 Å². The molecule has 2 atom stereocenters. The van der Waals surface area contributed by atoms with E-state index in [1.54, 1.807) is 12.1 Å². The van der Waals surface area contributed by atoms with Gasteiger partial charge < -0.3 is 14.8 Å². The quantitative estimate of drug-likeness (QED) is 0.778. The first-order chi connectivity index (χ1) is 13.9. The van der Waals surface area contributed by atoms with Crippen molar-refractivity contribution in [3.8, 4) is 11.5 Å². The van der Waals surface area contributed by atoms with E-state index in [0.717, 1.165) is 4.88 Å². The van der Waals surface area contributed by atoms with Crippen molar-refractivity contribution in [1.29, 1.82) is 0 Å². The van der Waals surface area contributed by atoms with Gasteiger partial charge >= 0.3 is 0 Å². The van der Waals surface area contributed by atoms with Crippen LogP contribution in [0.15, 0.2) is 40.6 Å². The average Bonchev–Trinajstić information content (AvgIpc) is 3.19. The van der Waals surface area contributed by atoms with Crippen LogP contribution < -0.4 is 14.8 Å². The van der Waals surface area contributed by atoms with Crippen LogP contribution in [0.25, 0.3) is 0 Å². The predicted molar refractivity (Wildman–Crippen MR) is 110 cm³/mol. The first-order valence-corrected chi connectivity index (χ1v) is 11.9. The minimum absolute atomic E-state index is 0.144. The second kappa shape index (κ2) is 8.33. The van der Waals surface area contributed by atoms with E-state index in [-0.39, 0.29) is 24.5 Å². The number of fused-ring (bicyclic) bond motifs is 1. The molecule has 0 aliphatic carbocycles. The summed E-state index contributed by atoms with van der Waals surface area (Å²) >= 11 is 1.26. The lowest BCUT2D eigenvalue weighted by atomic mass is 9.99. The van der Waals surface area contributed by atoms with Crippen LogP contribution in [-0.4, -0.2) is 51.0 Å². The first-order valence-electron chi connectivity index (χ1n) is 9.66. The summed E-state index contributed by atoms with van der Waals surface area (Å²) < 4.78 is 39.0. The maximum Gasteiger partial charge on any atom is 0.252 e. The number of rotatable bonds is 5. The van der Waals surface area contributed by atoms with Gasteiger partial charge in [0, 0.05) is 18.0 Å². The number of nitrogens with one attached hydrogen (secondary N) is 1. The highest BCUT2D eigenvalue weighted by atomic mass is 32.2. The third kappa shape index (κ3) is 4.41. The number of nitrogens with zero attached hydrogens (tertiary/aromatic N) is 1. The van der Waals surface area contributed by atoms with Crippen LogP contribution in [0.1, 0.15) is 17.7 Å². The van der Waals surface area contributed by atoms with Crippen molar-refractivity contribution in [2.45, 2.75) is 30.1 Å². The summed E-state index contributed by atoms with van der Waals surface area (Å²) in [6.07, 6.45) is 1.07. The Morgan fingerprint density at radius 3 is 2.79 bits per heavy atom. The van der Waals surface area contributed by atoms with Gasteiger partial charge in [-0.05, 0) is 44.0 Å². The summed E-state index contributed by atoms with van der Waals surface area (Å²) in [4.78, 5) is 13.6. The molecule has 2 aliphatic heterocycles. The Kier molecular flexibility index (Phi) is 5.80. The Labute approximate surface area is 174 Å². The molecule has 0 unspecified atom stereocenters. The lowest BCUT2D eigenvalue weighted by molar-refractivity contribution is -0.126. The fourth-order valence-electron chi connectivity index (χ4n) is 3.58. The Balaban J connectivity index is 1.33. The van der Waals surface area contributed by atoms with Gasteiger partial charge in [0.2, 0.25) is 5.91 Å². The monoisotopic (exact) mass is 436 g/mol. The average molecular weight is 437 g/mol. The highest BCUT2D eigenvalue weighted by Gasteiger charge is 2.34. The van der Waals surface area contributed by atoms with E-state index in [4.69, 9.17) is 9.47 Å². The number of hydrogen-bond donors (Lipinski definition) is 1. The molecule has 7 nitrogen and oxygen atoms in total. The number of amides is 1. The molecule has 2 aliphatic rings. The van der Waals surface area contributed by atoms with Gasteiger partial charge in [0.25, 0.3) is 10.0 Å². The highest BCUT2D eigenvalue weighted by molar-refractivity contribution is 7.91. The van der Waals surface area contributed by atoms with Crippen LogP contribution in [0, 0.1) is 12.8 Å². The summed E-state index contributed by atoms with van der Waals surface area (Å²) in [6.45, 7) is 3.21. The number of aryl methyl sites for hydroxylation is 1. The molecule has 1 aromatic carbocycles. The molecule has 1 amide bonds. The van der Waals surface area contributed by atoms with Gasteiger partial charge in [-0.25, -0.2) is 8.42 Å². The van der Waals surface area contributed by atoms with Crippen molar-refractivity contribution in [3.63, 3.8) is 0 Å². The molecular formula is C20H24N2O5S2. The molecule has 1 aromatic heterocycles. The standard InChI is InChI=1S/C20H24N2O5S2/c1-14-8-9-19(28-14)29(24,25)22-10-4-5-15(12-22)20(23)21-11-16-13-26-17-6-2-3-7-18(17)27-16/h2-3,6-9,15-16H,4-5,10-13H2,1H3,(H,21,23)/t15-,16+/m1/s1. The first kappa shape index (κ1) is 20.2. The molecule has 0 bridgehead atoms. The van der Waals surface area contributed by atoms with E-state index < -0.39 is 10.0 Å².